The maximum Gasteiger partial charge on any atom is 0.407 e. The van der Waals surface area contributed by atoms with Crippen molar-refractivity contribution in [2.75, 3.05) is 23.3 Å². The van der Waals surface area contributed by atoms with E-state index in [2.05, 4.69) is 58.8 Å². The molecule has 1 unspecified atom stereocenters. The van der Waals surface area contributed by atoms with E-state index in [9.17, 15) is 14.7 Å². The van der Waals surface area contributed by atoms with Gasteiger partial charge in [0, 0.05) is 36.8 Å². The highest BCUT2D eigenvalue weighted by Crippen LogP contribution is 2.34. The molecule has 3 heterocycles. The van der Waals surface area contributed by atoms with Crippen LogP contribution in [0.25, 0.3) is 0 Å². The second kappa shape index (κ2) is 8.29. The van der Waals surface area contributed by atoms with Gasteiger partial charge >= 0.3 is 6.09 Å². The maximum atomic E-state index is 12.3. The maximum absolute atomic E-state index is 12.3. The summed E-state index contributed by atoms with van der Waals surface area (Å²) in [4.78, 5) is 32.3. The van der Waals surface area contributed by atoms with Gasteiger partial charge in [0.1, 0.15) is 11.5 Å². The first-order valence-electron chi connectivity index (χ1n) is 9.84. The Kier molecular flexibility index (Phi) is 6.12. The standard InChI is InChI=1S/C21H28BrN5O3/c1-13-18(21(2,3)4)27(20(29)30)9-8-26(13)15-6-7-17(23-11-15)24-16-10-14(22)12-25(5)19(16)28/h6-7,10-13,18H,8-9H2,1-5H3,(H,23,24)(H,29,30)/t13-,18?/m0/s1. The van der Waals surface area contributed by atoms with Crippen molar-refractivity contribution in [1.82, 2.24) is 14.5 Å². The molecule has 2 atom stereocenters. The number of hydrogen-bond donors (Lipinski definition) is 2. The number of nitrogens with one attached hydrogen (secondary N) is 1. The first-order valence-corrected chi connectivity index (χ1v) is 10.6. The molecule has 2 N–H and O–H groups in total. The Bertz CT molecular complexity index is 984. The van der Waals surface area contributed by atoms with E-state index in [4.69, 9.17) is 0 Å². The zero-order chi connectivity index (χ0) is 22.2. The highest BCUT2D eigenvalue weighted by Gasteiger charge is 2.43. The molecular formula is C21H28BrN5O3. The Morgan fingerprint density at radius 1 is 1.30 bits per heavy atom. The minimum atomic E-state index is -0.880. The van der Waals surface area contributed by atoms with Crippen molar-refractivity contribution < 1.29 is 9.90 Å². The van der Waals surface area contributed by atoms with Crippen molar-refractivity contribution in [2.45, 2.75) is 39.8 Å². The van der Waals surface area contributed by atoms with Crippen LogP contribution in [0.15, 0.2) is 39.9 Å². The average molecular weight is 478 g/mol. The number of carboxylic acid groups (broad SMARTS) is 1. The predicted octanol–water partition coefficient (Wildman–Crippen LogP) is 3.89. The van der Waals surface area contributed by atoms with Crippen LogP contribution in [0.2, 0.25) is 0 Å². The number of amides is 1. The number of hydrogen-bond acceptors (Lipinski definition) is 5. The van der Waals surface area contributed by atoms with E-state index in [0.29, 0.717) is 24.6 Å². The average Bonchev–Trinajstić information content (AvgIpc) is 2.65. The summed E-state index contributed by atoms with van der Waals surface area (Å²) in [6, 6.07) is 5.35. The lowest BCUT2D eigenvalue weighted by atomic mass is 9.80. The number of piperazine rings is 1. The third kappa shape index (κ3) is 4.45. The van der Waals surface area contributed by atoms with E-state index in [1.54, 1.807) is 30.4 Å². The van der Waals surface area contributed by atoms with Gasteiger partial charge in [0.15, 0.2) is 0 Å². The molecule has 0 aliphatic carbocycles. The molecule has 0 radical (unpaired) electrons. The molecule has 1 saturated heterocycles. The number of nitrogens with zero attached hydrogens (tertiary/aromatic N) is 4. The van der Waals surface area contributed by atoms with Crippen LogP contribution in [0, 0.1) is 5.41 Å². The summed E-state index contributed by atoms with van der Waals surface area (Å²) >= 11 is 3.39. The van der Waals surface area contributed by atoms with Gasteiger partial charge < -0.3 is 24.8 Å². The molecule has 1 fully saturated rings. The number of anilines is 3. The van der Waals surface area contributed by atoms with Gasteiger partial charge in [-0.1, -0.05) is 20.8 Å². The molecule has 30 heavy (non-hydrogen) atoms. The zero-order valence-corrected chi connectivity index (χ0v) is 19.5. The van der Waals surface area contributed by atoms with Gasteiger partial charge in [-0.2, -0.15) is 0 Å². The van der Waals surface area contributed by atoms with Crippen LogP contribution >= 0.6 is 15.9 Å². The van der Waals surface area contributed by atoms with E-state index in [-0.39, 0.29) is 23.1 Å². The number of rotatable bonds is 3. The topological polar surface area (TPSA) is 90.7 Å². The van der Waals surface area contributed by atoms with Crippen LogP contribution in [0.1, 0.15) is 27.7 Å². The third-order valence-electron chi connectivity index (χ3n) is 5.49. The second-order valence-electron chi connectivity index (χ2n) is 8.74. The van der Waals surface area contributed by atoms with E-state index >= 15 is 0 Å². The van der Waals surface area contributed by atoms with Gasteiger partial charge in [0.05, 0.1) is 17.9 Å². The van der Waals surface area contributed by atoms with E-state index in [1.165, 1.54) is 4.57 Å². The largest absolute Gasteiger partial charge is 0.465 e. The molecule has 8 nitrogen and oxygen atoms in total. The zero-order valence-electron chi connectivity index (χ0n) is 17.9. The van der Waals surface area contributed by atoms with Crippen LogP contribution < -0.4 is 15.8 Å². The Labute approximate surface area is 184 Å². The van der Waals surface area contributed by atoms with Crippen molar-refractivity contribution in [3.05, 3.63) is 45.4 Å². The highest BCUT2D eigenvalue weighted by atomic mass is 79.9. The number of aromatic nitrogens is 2. The fourth-order valence-corrected chi connectivity index (χ4v) is 4.82. The fourth-order valence-electron chi connectivity index (χ4n) is 4.29. The summed E-state index contributed by atoms with van der Waals surface area (Å²) < 4.78 is 2.29. The summed E-state index contributed by atoms with van der Waals surface area (Å²) in [5.41, 5.74) is 1.01. The SMILES string of the molecule is C[C@H]1C(C(C)(C)C)N(C(=O)O)CCN1c1ccc(Nc2cc(Br)cn(C)c2=O)nc1. The molecule has 1 aliphatic rings. The lowest BCUT2D eigenvalue weighted by Crippen LogP contribution is -2.64. The quantitative estimate of drug-likeness (QED) is 0.696. The number of pyridine rings is 2. The summed E-state index contributed by atoms with van der Waals surface area (Å²) in [5.74, 6) is 0.568. The minimum Gasteiger partial charge on any atom is -0.465 e. The Balaban J connectivity index is 1.82. The fraction of sp³-hybridized carbons (Fsp3) is 0.476. The molecule has 1 aliphatic heterocycles. The van der Waals surface area contributed by atoms with E-state index in [0.717, 1.165) is 10.2 Å². The van der Waals surface area contributed by atoms with Crippen molar-refractivity contribution in [1.29, 1.82) is 0 Å². The molecule has 2 aromatic heterocycles. The van der Waals surface area contributed by atoms with Crippen molar-refractivity contribution >= 4 is 39.2 Å². The molecule has 9 heteroatoms. The predicted molar refractivity (Wildman–Crippen MR) is 122 cm³/mol. The molecule has 0 saturated carbocycles. The first-order chi connectivity index (χ1) is 14.0. The number of halogens is 1. The third-order valence-corrected chi connectivity index (χ3v) is 5.93. The monoisotopic (exact) mass is 477 g/mol. The van der Waals surface area contributed by atoms with Crippen molar-refractivity contribution in [3.63, 3.8) is 0 Å². The lowest BCUT2D eigenvalue weighted by molar-refractivity contribution is 0.0564. The molecule has 162 valence electrons. The highest BCUT2D eigenvalue weighted by molar-refractivity contribution is 9.10. The van der Waals surface area contributed by atoms with Crippen LogP contribution in [0.4, 0.5) is 22.0 Å². The summed E-state index contributed by atoms with van der Waals surface area (Å²) in [7, 11) is 1.69. The molecule has 3 rings (SSSR count). The van der Waals surface area contributed by atoms with Gasteiger partial charge in [-0.3, -0.25) is 4.79 Å². The molecule has 1 amide bonds. The molecule has 2 aromatic rings. The van der Waals surface area contributed by atoms with Gasteiger partial charge in [0.25, 0.3) is 5.56 Å². The van der Waals surface area contributed by atoms with Gasteiger partial charge in [0.2, 0.25) is 0 Å². The summed E-state index contributed by atoms with van der Waals surface area (Å²) in [6.07, 6.45) is 2.58. The van der Waals surface area contributed by atoms with Gasteiger partial charge in [-0.05, 0) is 46.5 Å². The van der Waals surface area contributed by atoms with Gasteiger partial charge in [-0.15, -0.1) is 0 Å². The van der Waals surface area contributed by atoms with Crippen LogP contribution in [-0.2, 0) is 7.05 Å². The Morgan fingerprint density at radius 3 is 2.57 bits per heavy atom. The summed E-state index contributed by atoms with van der Waals surface area (Å²) in [5, 5.41) is 12.7. The normalized spacial score (nSPS) is 19.7. The van der Waals surface area contributed by atoms with E-state index in [1.807, 2.05) is 12.1 Å². The number of aryl methyl sites for hydroxylation is 1. The molecule has 0 spiro atoms. The first kappa shape index (κ1) is 22.1. The lowest BCUT2D eigenvalue weighted by Gasteiger charge is -2.51. The molecule has 0 aromatic carbocycles. The van der Waals surface area contributed by atoms with Crippen LogP contribution in [0.5, 0.6) is 0 Å². The second-order valence-corrected chi connectivity index (χ2v) is 9.65. The van der Waals surface area contributed by atoms with E-state index < -0.39 is 6.09 Å². The van der Waals surface area contributed by atoms with Crippen molar-refractivity contribution in [2.24, 2.45) is 12.5 Å². The summed E-state index contributed by atoms with van der Waals surface area (Å²) in [6.45, 7) is 9.30. The molecular weight excluding hydrogens is 450 g/mol. The Morgan fingerprint density at radius 2 is 2.00 bits per heavy atom. The van der Waals surface area contributed by atoms with Crippen LogP contribution in [0.3, 0.4) is 0 Å². The van der Waals surface area contributed by atoms with Crippen molar-refractivity contribution in [3.8, 4) is 0 Å². The smallest absolute Gasteiger partial charge is 0.407 e. The Hall–Kier alpha value is -2.55. The molecule has 0 bridgehead atoms. The minimum absolute atomic E-state index is 0.00664. The van der Waals surface area contributed by atoms with Crippen LogP contribution in [-0.4, -0.2) is 50.8 Å². The number of carbonyl (C=O) groups is 1. The van der Waals surface area contributed by atoms with Gasteiger partial charge in [-0.25, -0.2) is 9.78 Å².